The Bertz CT molecular complexity index is 363. The van der Waals surface area contributed by atoms with Crippen LogP contribution in [-0.4, -0.2) is 28.5 Å². The minimum Gasteiger partial charge on any atom is -0.373 e. The smallest absolute Gasteiger partial charge is 0.0806 e. The molecule has 1 saturated carbocycles. The molecule has 17 heavy (non-hydrogen) atoms. The van der Waals surface area contributed by atoms with E-state index in [2.05, 4.69) is 12.0 Å². The van der Waals surface area contributed by atoms with Crippen LogP contribution in [0.4, 0.5) is 0 Å². The van der Waals surface area contributed by atoms with E-state index in [9.17, 15) is 0 Å². The average molecular weight is 237 g/mol. The maximum absolute atomic E-state index is 6.06. The van der Waals surface area contributed by atoms with Crippen LogP contribution in [0.5, 0.6) is 0 Å². The third-order valence-corrected chi connectivity index (χ3v) is 3.74. The lowest BCUT2D eigenvalue weighted by Gasteiger charge is -2.28. The molecule has 0 aromatic carbocycles. The van der Waals surface area contributed by atoms with Crippen molar-refractivity contribution in [2.24, 2.45) is 18.7 Å². The Morgan fingerprint density at radius 3 is 3.00 bits per heavy atom. The zero-order valence-corrected chi connectivity index (χ0v) is 10.9. The first-order valence-corrected chi connectivity index (χ1v) is 6.45. The van der Waals surface area contributed by atoms with E-state index in [0.717, 1.165) is 31.8 Å². The van der Waals surface area contributed by atoms with Crippen LogP contribution in [0.25, 0.3) is 0 Å². The lowest BCUT2D eigenvalue weighted by atomic mass is 10.0. The number of aromatic nitrogens is 2. The SMILES string of the molecule is CC1CCC(CN)(OCCc2cnn(C)c2)C1. The molecule has 4 heteroatoms. The molecule has 1 aliphatic rings. The van der Waals surface area contributed by atoms with Crippen molar-refractivity contribution in [3.63, 3.8) is 0 Å². The molecule has 1 aromatic rings. The standard InChI is InChI=1S/C13H23N3O/c1-11-3-5-13(7-11,10-14)17-6-4-12-8-15-16(2)9-12/h8-9,11H,3-7,10,14H2,1-2H3. The Labute approximate surface area is 103 Å². The van der Waals surface area contributed by atoms with Gasteiger partial charge in [0.05, 0.1) is 18.4 Å². The van der Waals surface area contributed by atoms with Gasteiger partial charge in [-0.15, -0.1) is 0 Å². The van der Waals surface area contributed by atoms with Crippen molar-refractivity contribution in [3.05, 3.63) is 18.0 Å². The van der Waals surface area contributed by atoms with Crippen LogP contribution in [0.3, 0.4) is 0 Å². The summed E-state index contributed by atoms with van der Waals surface area (Å²) in [5, 5.41) is 4.15. The second-order valence-corrected chi connectivity index (χ2v) is 5.36. The largest absolute Gasteiger partial charge is 0.373 e. The van der Waals surface area contributed by atoms with E-state index in [1.54, 1.807) is 0 Å². The highest BCUT2D eigenvalue weighted by molar-refractivity contribution is 5.03. The van der Waals surface area contributed by atoms with Crippen molar-refractivity contribution in [1.82, 2.24) is 9.78 Å². The normalized spacial score (nSPS) is 28.8. The van der Waals surface area contributed by atoms with Gasteiger partial charge >= 0.3 is 0 Å². The second kappa shape index (κ2) is 5.19. The van der Waals surface area contributed by atoms with Crippen molar-refractivity contribution in [2.45, 2.75) is 38.2 Å². The van der Waals surface area contributed by atoms with E-state index in [4.69, 9.17) is 10.5 Å². The summed E-state index contributed by atoms with van der Waals surface area (Å²) in [6.07, 6.45) is 8.31. The van der Waals surface area contributed by atoms with Crippen LogP contribution in [0.15, 0.2) is 12.4 Å². The molecule has 0 radical (unpaired) electrons. The highest BCUT2D eigenvalue weighted by Gasteiger charge is 2.36. The molecule has 2 atom stereocenters. The number of rotatable bonds is 5. The fraction of sp³-hybridized carbons (Fsp3) is 0.769. The third kappa shape index (κ3) is 3.07. The molecule has 2 rings (SSSR count). The first-order chi connectivity index (χ1) is 8.13. The molecule has 4 nitrogen and oxygen atoms in total. The predicted octanol–water partition coefficient (Wildman–Crippen LogP) is 1.50. The summed E-state index contributed by atoms with van der Waals surface area (Å²) in [5.41, 5.74) is 7.05. The number of hydrogen-bond donors (Lipinski definition) is 1. The van der Waals surface area contributed by atoms with Crippen LogP contribution in [0.1, 0.15) is 31.7 Å². The van der Waals surface area contributed by atoms with Gasteiger partial charge in [0.2, 0.25) is 0 Å². The molecule has 1 aliphatic carbocycles. The van der Waals surface area contributed by atoms with E-state index in [1.165, 1.54) is 12.0 Å². The fourth-order valence-corrected chi connectivity index (χ4v) is 2.71. The Morgan fingerprint density at radius 2 is 2.47 bits per heavy atom. The molecular formula is C13H23N3O. The second-order valence-electron chi connectivity index (χ2n) is 5.36. The Morgan fingerprint density at radius 1 is 1.65 bits per heavy atom. The topological polar surface area (TPSA) is 53.1 Å². The monoisotopic (exact) mass is 237 g/mol. The highest BCUT2D eigenvalue weighted by atomic mass is 16.5. The summed E-state index contributed by atoms with van der Waals surface area (Å²) >= 11 is 0. The molecular weight excluding hydrogens is 214 g/mol. The van der Waals surface area contributed by atoms with Crippen molar-refractivity contribution >= 4 is 0 Å². The molecule has 2 N–H and O–H groups in total. The summed E-state index contributed by atoms with van der Waals surface area (Å²) in [6.45, 7) is 3.67. The third-order valence-electron chi connectivity index (χ3n) is 3.74. The van der Waals surface area contributed by atoms with Crippen molar-refractivity contribution < 1.29 is 4.74 Å². The lowest BCUT2D eigenvalue weighted by Crippen LogP contribution is -2.38. The maximum Gasteiger partial charge on any atom is 0.0806 e. The molecule has 0 aliphatic heterocycles. The average Bonchev–Trinajstić information content (AvgIpc) is 2.87. The highest BCUT2D eigenvalue weighted by Crippen LogP contribution is 2.36. The first kappa shape index (κ1) is 12.6. The summed E-state index contributed by atoms with van der Waals surface area (Å²) in [5.74, 6) is 0.747. The number of aryl methyl sites for hydroxylation is 1. The van der Waals surface area contributed by atoms with E-state index in [0.29, 0.717) is 6.54 Å². The van der Waals surface area contributed by atoms with Crippen LogP contribution >= 0.6 is 0 Å². The van der Waals surface area contributed by atoms with Gasteiger partial charge in [-0.2, -0.15) is 5.10 Å². The zero-order chi connectivity index (χ0) is 12.3. The number of nitrogens with zero attached hydrogens (tertiary/aromatic N) is 2. The minimum absolute atomic E-state index is 0.0539. The van der Waals surface area contributed by atoms with Crippen LogP contribution in [0, 0.1) is 5.92 Å². The minimum atomic E-state index is -0.0539. The Hall–Kier alpha value is -0.870. The quantitative estimate of drug-likeness (QED) is 0.844. The molecule has 1 heterocycles. The van der Waals surface area contributed by atoms with E-state index >= 15 is 0 Å². The molecule has 96 valence electrons. The zero-order valence-electron chi connectivity index (χ0n) is 10.9. The van der Waals surface area contributed by atoms with Gasteiger partial charge in [0.25, 0.3) is 0 Å². The van der Waals surface area contributed by atoms with Crippen molar-refractivity contribution in [2.75, 3.05) is 13.2 Å². The number of nitrogens with two attached hydrogens (primary N) is 1. The summed E-state index contributed by atoms with van der Waals surface area (Å²) in [4.78, 5) is 0. The summed E-state index contributed by atoms with van der Waals surface area (Å²) < 4.78 is 7.89. The number of hydrogen-bond acceptors (Lipinski definition) is 3. The van der Waals surface area contributed by atoms with Gasteiger partial charge in [0, 0.05) is 19.8 Å². The lowest BCUT2D eigenvalue weighted by molar-refractivity contribution is -0.0343. The first-order valence-electron chi connectivity index (χ1n) is 6.45. The maximum atomic E-state index is 6.06. The molecule has 0 bridgehead atoms. The predicted molar refractivity (Wildman–Crippen MR) is 67.7 cm³/mol. The molecule has 0 amide bonds. The van der Waals surface area contributed by atoms with Gasteiger partial charge in [-0.05, 0) is 37.2 Å². The summed E-state index contributed by atoms with van der Waals surface area (Å²) in [7, 11) is 1.93. The van der Waals surface area contributed by atoms with E-state index in [1.807, 2.05) is 24.1 Å². The van der Waals surface area contributed by atoms with Crippen molar-refractivity contribution in [1.29, 1.82) is 0 Å². The molecule has 0 saturated heterocycles. The number of ether oxygens (including phenoxy) is 1. The van der Waals surface area contributed by atoms with E-state index in [-0.39, 0.29) is 5.60 Å². The van der Waals surface area contributed by atoms with Gasteiger partial charge in [0.1, 0.15) is 0 Å². The molecule has 1 aromatic heterocycles. The van der Waals surface area contributed by atoms with Crippen LogP contribution < -0.4 is 5.73 Å². The fourth-order valence-electron chi connectivity index (χ4n) is 2.71. The Kier molecular flexibility index (Phi) is 3.84. The van der Waals surface area contributed by atoms with Gasteiger partial charge in [-0.1, -0.05) is 6.92 Å². The van der Waals surface area contributed by atoms with Crippen LogP contribution in [0.2, 0.25) is 0 Å². The van der Waals surface area contributed by atoms with Crippen LogP contribution in [-0.2, 0) is 18.2 Å². The van der Waals surface area contributed by atoms with E-state index < -0.39 is 0 Å². The van der Waals surface area contributed by atoms with Gasteiger partial charge in [-0.3, -0.25) is 4.68 Å². The summed E-state index contributed by atoms with van der Waals surface area (Å²) in [6, 6.07) is 0. The molecule has 1 fully saturated rings. The van der Waals surface area contributed by atoms with Gasteiger partial charge in [-0.25, -0.2) is 0 Å². The van der Waals surface area contributed by atoms with Gasteiger partial charge in [0.15, 0.2) is 0 Å². The molecule has 0 spiro atoms. The van der Waals surface area contributed by atoms with Crippen molar-refractivity contribution in [3.8, 4) is 0 Å². The molecule has 2 unspecified atom stereocenters. The Balaban J connectivity index is 1.81. The van der Waals surface area contributed by atoms with Gasteiger partial charge < -0.3 is 10.5 Å².